The molecule has 0 aliphatic carbocycles. The van der Waals surface area contributed by atoms with E-state index in [4.69, 9.17) is 4.74 Å². The lowest BCUT2D eigenvalue weighted by atomic mass is 10.1. The van der Waals surface area contributed by atoms with Crippen molar-refractivity contribution < 1.29 is 18.7 Å². The monoisotopic (exact) mass is 339 g/mol. The average Bonchev–Trinajstić information content (AvgIpc) is 2.91. The number of halogens is 1. The molecule has 0 atom stereocenters. The van der Waals surface area contributed by atoms with Crippen LogP contribution in [0.3, 0.4) is 0 Å². The minimum absolute atomic E-state index is 0.186. The highest BCUT2D eigenvalue weighted by Crippen LogP contribution is 2.23. The van der Waals surface area contributed by atoms with Gasteiger partial charge in [0.15, 0.2) is 6.29 Å². The Balaban J connectivity index is 1.94. The summed E-state index contributed by atoms with van der Waals surface area (Å²) in [6.45, 7) is 4.06. The number of benzene rings is 2. The molecule has 3 rings (SSSR count). The second-order valence-electron chi connectivity index (χ2n) is 6.15. The lowest BCUT2D eigenvalue weighted by molar-refractivity contribution is 0.0377. The lowest BCUT2D eigenvalue weighted by Gasteiger charge is -2.10. The molecule has 0 fully saturated rings. The van der Waals surface area contributed by atoms with E-state index in [1.165, 1.54) is 12.1 Å². The predicted octanol–water partition coefficient (Wildman–Crippen LogP) is 4.21. The van der Waals surface area contributed by atoms with Crippen LogP contribution in [0.1, 0.15) is 40.1 Å². The number of hydrogen-bond acceptors (Lipinski definition) is 3. The Morgan fingerprint density at radius 2 is 2.04 bits per heavy atom. The van der Waals surface area contributed by atoms with Crippen molar-refractivity contribution in [2.24, 2.45) is 0 Å². The van der Waals surface area contributed by atoms with Gasteiger partial charge in [-0.15, -0.1) is 0 Å². The first-order chi connectivity index (χ1) is 12.0. The van der Waals surface area contributed by atoms with Crippen molar-refractivity contribution in [3.63, 3.8) is 0 Å². The Bertz CT molecular complexity index is 943. The van der Waals surface area contributed by atoms with Gasteiger partial charge < -0.3 is 9.30 Å². The molecule has 0 N–H and O–H groups in total. The molecule has 3 aromatic rings. The van der Waals surface area contributed by atoms with Crippen LogP contribution < -0.4 is 0 Å². The van der Waals surface area contributed by atoms with Gasteiger partial charge in [-0.05, 0) is 49.7 Å². The lowest BCUT2D eigenvalue weighted by Crippen LogP contribution is -2.12. The first-order valence-corrected chi connectivity index (χ1v) is 8.01. The molecule has 0 aliphatic heterocycles. The Hall–Kier alpha value is -2.95. The topological polar surface area (TPSA) is 48.3 Å². The maximum atomic E-state index is 13.5. The minimum atomic E-state index is -0.383. The molecular formula is C20H18FNO3. The number of hydrogen-bond donors (Lipinski definition) is 0. The average molecular weight is 339 g/mol. The van der Waals surface area contributed by atoms with Crippen molar-refractivity contribution in [3.05, 3.63) is 71.2 Å². The highest BCUT2D eigenvalue weighted by atomic mass is 19.1. The van der Waals surface area contributed by atoms with Crippen molar-refractivity contribution in [3.8, 4) is 0 Å². The molecule has 0 saturated carbocycles. The van der Waals surface area contributed by atoms with E-state index in [1.807, 2.05) is 10.6 Å². The summed E-state index contributed by atoms with van der Waals surface area (Å²) in [6.07, 6.45) is 2.22. The molecule has 0 radical (unpaired) electrons. The third-order valence-corrected chi connectivity index (χ3v) is 3.86. The summed E-state index contributed by atoms with van der Waals surface area (Å²) < 4.78 is 20.5. The zero-order valence-electron chi connectivity index (χ0n) is 14.0. The zero-order valence-corrected chi connectivity index (χ0v) is 14.0. The van der Waals surface area contributed by atoms with Gasteiger partial charge >= 0.3 is 5.97 Å². The van der Waals surface area contributed by atoms with E-state index in [0.717, 1.165) is 11.1 Å². The van der Waals surface area contributed by atoms with Gasteiger partial charge in [0.2, 0.25) is 0 Å². The predicted molar refractivity (Wildman–Crippen MR) is 93.4 cm³/mol. The summed E-state index contributed by atoms with van der Waals surface area (Å²) in [5.41, 5.74) is 2.56. The van der Waals surface area contributed by atoms with E-state index >= 15 is 0 Å². The van der Waals surface area contributed by atoms with Gasteiger partial charge in [0.05, 0.1) is 11.7 Å². The molecule has 2 aromatic carbocycles. The second kappa shape index (κ2) is 6.89. The summed E-state index contributed by atoms with van der Waals surface area (Å²) >= 11 is 0. The number of ether oxygens (including phenoxy) is 1. The van der Waals surface area contributed by atoms with Crippen LogP contribution in [0, 0.1) is 5.82 Å². The molecule has 128 valence electrons. The molecular weight excluding hydrogens is 321 g/mol. The van der Waals surface area contributed by atoms with Crippen molar-refractivity contribution in [1.29, 1.82) is 0 Å². The molecule has 1 aromatic heterocycles. The summed E-state index contributed by atoms with van der Waals surface area (Å²) in [7, 11) is 0. The number of carbonyl (C=O) groups excluding carboxylic acids is 2. The van der Waals surface area contributed by atoms with E-state index < -0.39 is 0 Å². The highest BCUT2D eigenvalue weighted by molar-refractivity contribution is 5.97. The Morgan fingerprint density at radius 3 is 2.76 bits per heavy atom. The third-order valence-electron chi connectivity index (χ3n) is 3.86. The fourth-order valence-corrected chi connectivity index (χ4v) is 2.80. The molecule has 0 amide bonds. The first-order valence-electron chi connectivity index (χ1n) is 8.01. The van der Waals surface area contributed by atoms with Crippen LogP contribution in [-0.2, 0) is 11.3 Å². The van der Waals surface area contributed by atoms with Crippen LogP contribution in [0.2, 0.25) is 0 Å². The maximum absolute atomic E-state index is 13.5. The van der Waals surface area contributed by atoms with Gasteiger partial charge in [0.1, 0.15) is 5.82 Å². The Morgan fingerprint density at radius 1 is 1.24 bits per heavy atom. The van der Waals surface area contributed by atoms with Gasteiger partial charge in [-0.25, -0.2) is 9.18 Å². The van der Waals surface area contributed by atoms with Crippen LogP contribution in [0.4, 0.5) is 4.39 Å². The smallest absolute Gasteiger partial charge is 0.338 e. The van der Waals surface area contributed by atoms with Gasteiger partial charge in [-0.3, -0.25) is 4.79 Å². The number of esters is 1. The zero-order chi connectivity index (χ0) is 18.0. The fraction of sp³-hybridized carbons (Fsp3) is 0.200. The molecule has 0 saturated heterocycles. The quantitative estimate of drug-likeness (QED) is 0.517. The number of carbonyl (C=O) groups is 2. The van der Waals surface area contributed by atoms with E-state index in [9.17, 15) is 14.0 Å². The highest BCUT2D eigenvalue weighted by Gasteiger charge is 2.12. The number of rotatable bonds is 5. The fourth-order valence-electron chi connectivity index (χ4n) is 2.80. The van der Waals surface area contributed by atoms with Crippen LogP contribution >= 0.6 is 0 Å². The van der Waals surface area contributed by atoms with Crippen molar-refractivity contribution in [1.82, 2.24) is 4.57 Å². The molecule has 0 spiro atoms. The molecule has 0 aliphatic rings. The van der Waals surface area contributed by atoms with Crippen LogP contribution in [0.5, 0.6) is 0 Å². The molecule has 4 nitrogen and oxygen atoms in total. The standard InChI is InChI=1S/C20H18FNO3/c1-13(2)25-20(24)15-5-3-4-14(8-15)10-22-11-16(12-23)18-9-17(21)6-7-19(18)22/h3-9,11-13H,10H2,1-2H3. The molecule has 0 unspecified atom stereocenters. The van der Waals surface area contributed by atoms with E-state index in [1.54, 1.807) is 44.3 Å². The summed E-state index contributed by atoms with van der Waals surface area (Å²) in [5, 5.41) is 0.574. The molecule has 0 bridgehead atoms. The van der Waals surface area contributed by atoms with Crippen molar-refractivity contribution in [2.75, 3.05) is 0 Å². The van der Waals surface area contributed by atoms with Crippen molar-refractivity contribution in [2.45, 2.75) is 26.5 Å². The summed E-state index contributed by atoms with van der Waals surface area (Å²) in [5.74, 6) is -0.753. The van der Waals surface area contributed by atoms with Crippen LogP contribution in [0.15, 0.2) is 48.7 Å². The molecule has 25 heavy (non-hydrogen) atoms. The molecule has 5 heteroatoms. The third kappa shape index (κ3) is 3.60. The van der Waals surface area contributed by atoms with Gasteiger partial charge in [0, 0.05) is 29.2 Å². The summed E-state index contributed by atoms with van der Waals surface area (Å²) in [6, 6.07) is 11.5. The van der Waals surface area contributed by atoms with Gasteiger partial charge in [0.25, 0.3) is 0 Å². The SMILES string of the molecule is CC(C)OC(=O)c1cccc(Cn2cc(C=O)c3cc(F)ccc32)c1. The number of nitrogens with zero attached hydrogens (tertiary/aromatic N) is 1. The minimum Gasteiger partial charge on any atom is -0.459 e. The van der Waals surface area contributed by atoms with Crippen LogP contribution in [-0.4, -0.2) is 22.9 Å². The second-order valence-corrected chi connectivity index (χ2v) is 6.15. The van der Waals surface area contributed by atoms with E-state index in [0.29, 0.717) is 29.3 Å². The first kappa shape index (κ1) is 16.9. The summed E-state index contributed by atoms with van der Waals surface area (Å²) in [4.78, 5) is 23.3. The van der Waals surface area contributed by atoms with Gasteiger partial charge in [-0.1, -0.05) is 12.1 Å². The normalized spacial score (nSPS) is 11.0. The number of aldehydes is 1. The molecule has 1 heterocycles. The van der Waals surface area contributed by atoms with E-state index in [2.05, 4.69) is 0 Å². The van der Waals surface area contributed by atoms with E-state index in [-0.39, 0.29) is 17.9 Å². The Kier molecular flexibility index (Phi) is 4.65. The van der Waals surface area contributed by atoms with Crippen molar-refractivity contribution >= 4 is 23.2 Å². The van der Waals surface area contributed by atoms with Gasteiger partial charge in [-0.2, -0.15) is 0 Å². The maximum Gasteiger partial charge on any atom is 0.338 e. The van der Waals surface area contributed by atoms with Crippen LogP contribution in [0.25, 0.3) is 10.9 Å². The Labute approximate surface area is 144 Å². The number of aromatic nitrogens is 1. The largest absolute Gasteiger partial charge is 0.459 e. The number of fused-ring (bicyclic) bond motifs is 1.